The summed E-state index contributed by atoms with van der Waals surface area (Å²) in [5.41, 5.74) is 0. The normalized spacial score (nSPS) is 14.6. The second-order valence-electron chi connectivity index (χ2n) is 21.8. The van der Waals surface area contributed by atoms with Gasteiger partial charge < -0.3 is 19.4 Å². The second-order valence-corrected chi connectivity index (χ2v) is 23.3. The van der Waals surface area contributed by atoms with Gasteiger partial charge in [-0.1, -0.05) is 251 Å². The minimum Gasteiger partial charge on any atom is -0.456 e. The molecule has 10 heteroatoms. The Hall–Kier alpha value is -3.85. The maximum atomic E-state index is 13.5. The molecule has 3 atom stereocenters. The molecule has 2 N–H and O–H groups in total. The van der Waals surface area contributed by atoms with Crippen molar-refractivity contribution in [3.8, 4) is 0 Å². The highest BCUT2D eigenvalue weighted by Crippen LogP contribution is 2.43. The Morgan fingerprint density at radius 1 is 0.456 bits per heavy atom. The van der Waals surface area contributed by atoms with Gasteiger partial charge in [0.15, 0.2) is 0 Å². The first-order chi connectivity index (χ1) is 38.4. The van der Waals surface area contributed by atoms with E-state index >= 15 is 0 Å². The van der Waals surface area contributed by atoms with Crippen LogP contribution < -0.4 is 5.32 Å². The van der Waals surface area contributed by atoms with Crippen molar-refractivity contribution in [2.24, 2.45) is 0 Å². The lowest BCUT2D eigenvalue weighted by Crippen LogP contribution is -2.47. The number of hydrogen-bond donors (Lipinski definition) is 2. The number of amides is 1. The van der Waals surface area contributed by atoms with E-state index < -0.39 is 20.0 Å². The standard InChI is InChI=1S/C69H117N2O7P/c1-7-10-13-16-19-22-25-28-30-32-33-34-35-36-37-38-39-40-42-44-47-50-53-56-59-62-69(73)78-67(60-57-54-51-48-45-27-24-21-18-15-12-9-3)66(65-77-79(74,75)76-64-63-71(4,5)6)70-68(72)61-58-55-52-49-46-43-41-31-29-26-23-20-17-14-11-8-2/h10-11,13-14,19-20,22-23,28-31,33-34,36-37,43,46,52,55,57,60,66-67H,7-9,12,15-18,21,24-27,32,35,38-42,44-45,47-51,53-54,56,58-59,61-65H2,1-6H3,(H-,70,72,74,75)/p+1/b13-10-,14-11+,22-19-,23-20+,30-28-,31-29+,34-33-,37-36-,46-43+,55-52+,60-57-. The number of hydrogen-bond acceptors (Lipinski definition) is 6. The minimum absolute atomic E-state index is 0.0190. The van der Waals surface area contributed by atoms with Crippen LogP contribution >= 0.6 is 7.82 Å². The third-order valence-corrected chi connectivity index (χ3v) is 14.1. The van der Waals surface area contributed by atoms with Gasteiger partial charge in [-0.15, -0.1) is 0 Å². The molecule has 450 valence electrons. The van der Waals surface area contributed by atoms with Gasteiger partial charge in [-0.2, -0.15) is 0 Å². The van der Waals surface area contributed by atoms with E-state index in [9.17, 15) is 19.0 Å². The molecule has 0 spiro atoms. The average molecular weight is 1120 g/mol. The van der Waals surface area contributed by atoms with Crippen LogP contribution in [0.2, 0.25) is 0 Å². The molecule has 9 nitrogen and oxygen atoms in total. The van der Waals surface area contributed by atoms with Gasteiger partial charge in [0.05, 0.1) is 33.8 Å². The van der Waals surface area contributed by atoms with Crippen LogP contribution in [0.3, 0.4) is 0 Å². The average Bonchev–Trinajstić information content (AvgIpc) is 3.41. The van der Waals surface area contributed by atoms with Gasteiger partial charge >= 0.3 is 13.8 Å². The number of phosphoric ester groups is 1. The van der Waals surface area contributed by atoms with Gasteiger partial charge in [0.2, 0.25) is 5.91 Å². The maximum absolute atomic E-state index is 13.5. The summed E-state index contributed by atoms with van der Waals surface area (Å²) in [6.07, 6.45) is 81.9. The molecule has 0 saturated heterocycles. The highest BCUT2D eigenvalue weighted by molar-refractivity contribution is 7.47. The third-order valence-electron chi connectivity index (χ3n) is 13.1. The highest BCUT2D eigenvalue weighted by Gasteiger charge is 2.30. The topological polar surface area (TPSA) is 111 Å². The number of carbonyl (C=O) groups excluding carboxylic acids is 2. The van der Waals surface area contributed by atoms with Crippen molar-refractivity contribution in [1.29, 1.82) is 0 Å². The van der Waals surface area contributed by atoms with Crippen LogP contribution in [-0.4, -0.2) is 74.3 Å². The van der Waals surface area contributed by atoms with E-state index in [0.29, 0.717) is 23.9 Å². The Morgan fingerprint density at radius 3 is 1.24 bits per heavy atom. The summed E-state index contributed by atoms with van der Waals surface area (Å²) >= 11 is 0. The zero-order valence-corrected chi connectivity index (χ0v) is 52.2. The van der Waals surface area contributed by atoms with Crippen LogP contribution in [0.4, 0.5) is 0 Å². The lowest BCUT2D eigenvalue weighted by atomic mass is 10.0. The molecule has 0 rings (SSSR count). The van der Waals surface area contributed by atoms with E-state index in [-0.39, 0.29) is 37.9 Å². The van der Waals surface area contributed by atoms with Gasteiger partial charge in [0, 0.05) is 12.8 Å². The lowest BCUT2D eigenvalue weighted by molar-refractivity contribution is -0.870. The smallest absolute Gasteiger partial charge is 0.456 e. The Bertz CT molecular complexity index is 1810. The van der Waals surface area contributed by atoms with E-state index in [2.05, 4.69) is 135 Å². The summed E-state index contributed by atoms with van der Waals surface area (Å²) < 4.78 is 30.6. The fraction of sp³-hybridized carbons (Fsp3) is 0.652. The number of allylic oxidation sites excluding steroid dienone is 21. The number of quaternary nitrogens is 1. The van der Waals surface area contributed by atoms with Crippen molar-refractivity contribution < 1.29 is 37.3 Å². The third kappa shape index (κ3) is 58.6. The fourth-order valence-electron chi connectivity index (χ4n) is 8.31. The van der Waals surface area contributed by atoms with Gasteiger partial charge in [0.1, 0.15) is 19.3 Å². The van der Waals surface area contributed by atoms with Crippen LogP contribution in [-0.2, 0) is 27.9 Å². The summed E-state index contributed by atoms with van der Waals surface area (Å²) in [5, 5.41) is 3.00. The molecule has 0 aromatic carbocycles. The molecule has 0 saturated carbocycles. The Labute approximate surface area is 485 Å². The number of likely N-dealkylation sites (N-methyl/N-ethyl adjacent to an activating group) is 1. The van der Waals surface area contributed by atoms with E-state index in [4.69, 9.17) is 13.8 Å². The number of nitrogens with zero attached hydrogens (tertiary/aromatic N) is 1. The summed E-state index contributed by atoms with van der Waals surface area (Å²) in [7, 11) is 1.43. The quantitative estimate of drug-likeness (QED) is 0.0205. The van der Waals surface area contributed by atoms with E-state index in [0.717, 1.165) is 109 Å². The molecule has 0 aromatic heterocycles. The molecule has 0 aliphatic heterocycles. The number of esters is 1. The van der Waals surface area contributed by atoms with Gasteiger partial charge in [-0.25, -0.2) is 4.57 Å². The number of nitrogens with one attached hydrogen (secondary N) is 1. The zero-order chi connectivity index (χ0) is 57.9. The van der Waals surface area contributed by atoms with Crippen LogP contribution in [0.5, 0.6) is 0 Å². The van der Waals surface area contributed by atoms with Crippen LogP contribution in [0.1, 0.15) is 239 Å². The molecular formula is C69H118N2O7P+. The number of carbonyl (C=O) groups is 2. The van der Waals surface area contributed by atoms with Crippen LogP contribution in [0.15, 0.2) is 134 Å². The maximum Gasteiger partial charge on any atom is 0.472 e. The number of ether oxygens (including phenoxy) is 1. The first kappa shape index (κ1) is 75.2. The first-order valence-corrected chi connectivity index (χ1v) is 33.0. The monoisotopic (exact) mass is 1120 g/mol. The van der Waals surface area contributed by atoms with E-state index in [1.54, 1.807) is 0 Å². The molecule has 0 aromatic rings. The Morgan fingerprint density at radius 2 is 0.823 bits per heavy atom. The summed E-state index contributed by atoms with van der Waals surface area (Å²) in [4.78, 5) is 37.7. The lowest BCUT2D eigenvalue weighted by Gasteiger charge is -2.27. The molecule has 0 radical (unpaired) electrons. The van der Waals surface area contributed by atoms with Crippen molar-refractivity contribution in [3.63, 3.8) is 0 Å². The molecule has 0 fully saturated rings. The van der Waals surface area contributed by atoms with Crippen molar-refractivity contribution >= 4 is 19.7 Å². The largest absolute Gasteiger partial charge is 0.472 e. The SMILES string of the molecule is CC/C=C\C/C=C\C/C=C\C/C=C\C/C=C\CCCCCCCCCCCC(=O)OC(/C=C\CCCCCCCCCCCC)C(COP(=O)(O)OCC[N+](C)(C)C)NC(=O)CC/C=C/C/C=C/C/C=C/C/C=C/C/C=C/CC. The number of rotatable bonds is 55. The first-order valence-electron chi connectivity index (χ1n) is 31.5. The predicted octanol–water partition coefficient (Wildman–Crippen LogP) is 19.7. The molecule has 0 aliphatic carbocycles. The van der Waals surface area contributed by atoms with Crippen LogP contribution in [0.25, 0.3) is 0 Å². The minimum atomic E-state index is -4.48. The predicted molar refractivity (Wildman–Crippen MR) is 341 cm³/mol. The molecule has 1 amide bonds. The van der Waals surface area contributed by atoms with Crippen molar-refractivity contribution in [3.05, 3.63) is 134 Å². The second kappa shape index (κ2) is 57.4. The molecule has 3 unspecified atom stereocenters. The van der Waals surface area contributed by atoms with Crippen molar-refractivity contribution in [2.45, 2.75) is 251 Å². The van der Waals surface area contributed by atoms with Gasteiger partial charge in [0.25, 0.3) is 0 Å². The highest BCUT2D eigenvalue weighted by atomic mass is 31.2. The number of phosphoric acid groups is 1. The van der Waals surface area contributed by atoms with E-state index in [1.165, 1.54) is 83.5 Å². The van der Waals surface area contributed by atoms with Gasteiger partial charge in [-0.05, 0) is 109 Å². The van der Waals surface area contributed by atoms with Gasteiger partial charge in [-0.3, -0.25) is 18.6 Å². The molecular weight excluding hydrogens is 1000 g/mol. The molecule has 79 heavy (non-hydrogen) atoms. The number of unbranched alkanes of at least 4 members (excludes halogenated alkanes) is 19. The van der Waals surface area contributed by atoms with Crippen molar-refractivity contribution in [1.82, 2.24) is 5.32 Å². The molecule has 0 heterocycles. The Balaban J connectivity index is 5.27. The Kier molecular flexibility index (Phi) is 54.6. The summed E-state index contributed by atoms with van der Waals surface area (Å²) in [5.74, 6) is -0.618. The van der Waals surface area contributed by atoms with Crippen LogP contribution in [0, 0.1) is 0 Å². The summed E-state index contributed by atoms with van der Waals surface area (Å²) in [6, 6.07) is -0.900. The fourth-order valence-corrected chi connectivity index (χ4v) is 9.04. The zero-order valence-electron chi connectivity index (χ0n) is 51.3. The summed E-state index contributed by atoms with van der Waals surface area (Å²) in [6.45, 7) is 6.70. The molecule has 0 bridgehead atoms. The van der Waals surface area contributed by atoms with Crippen molar-refractivity contribution in [2.75, 3.05) is 40.9 Å². The molecule has 0 aliphatic rings. The van der Waals surface area contributed by atoms with E-state index in [1.807, 2.05) is 45.4 Å².